The predicted octanol–water partition coefficient (Wildman–Crippen LogP) is 3.70. The van der Waals surface area contributed by atoms with Gasteiger partial charge in [0, 0.05) is 32.7 Å². The average molecular weight is 508 g/mol. The molecule has 0 aliphatic carbocycles. The van der Waals surface area contributed by atoms with Gasteiger partial charge in [0.2, 0.25) is 0 Å². The van der Waals surface area contributed by atoms with Crippen molar-refractivity contribution in [1.82, 2.24) is 15.5 Å². The Morgan fingerprint density at radius 3 is 2.55 bits per heavy atom. The number of aryl methyl sites for hydroxylation is 1. The Morgan fingerprint density at radius 1 is 1.03 bits per heavy atom. The van der Waals surface area contributed by atoms with E-state index in [0.29, 0.717) is 6.54 Å². The number of halogens is 1. The fraction of sp³-hybridized carbons (Fsp3) is 0.435. The summed E-state index contributed by atoms with van der Waals surface area (Å²) in [4.78, 5) is 7.22. The highest BCUT2D eigenvalue weighted by molar-refractivity contribution is 14.0. The smallest absolute Gasteiger partial charge is 0.191 e. The van der Waals surface area contributed by atoms with Crippen LogP contribution < -0.4 is 10.6 Å². The maximum Gasteiger partial charge on any atom is 0.191 e. The Kier molecular flexibility index (Phi) is 10.5. The molecule has 2 N–H and O–H groups in total. The molecule has 0 radical (unpaired) electrons. The highest BCUT2D eigenvalue weighted by Crippen LogP contribution is 2.11. The van der Waals surface area contributed by atoms with Crippen LogP contribution in [-0.4, -0.2) is 43.7 Å². The van der Waals surface area contributed by atoms with Gasteiger partial charge in [0.1, 0.15) is 0 Å². The maximum absolute atomic E-state index is 5.44. The lowest BCUT2D eigenvalue weighted by Crippen LogP contribution is -2.37. The zero-order valence-corrected chi connectivity index (χ0v) is 19.8. The molecule has 158 valence electrons. The van der Waals surface area contributed by atoms with Crippen LogP contribution in [0.2, 0.25) is 0 Å². The van der Waals surface area contributed by atoms with E-state index in [1.165, 1.54) is 22.3 Å². The Bertz CT molecular complexity index is 775. The first kappa shape index (κ1) is 23.6. The number of aliphatic imine (C=N–C) groups is 1. The SMILES string of the molecule is CCNC(=NCc1cccc(CN2CCOCC2)c1)NCc1ccccc1C.I. The lowest BCUT2D eigenvalue weighted by molar-refractivity contribution is 0.0342. The summed E-state index contributed by atoms with van der Waals surface area (Å²) in [6, 6.07) is 17.2. The third kappa shape index (κ3) is 7.95. The second-order valence-corrected chi connectivity index (χ2v) is 7.18. The van der Waals surface area contributed by atoms with Gasteiger partial charge < -0.3 is 15.4 Å². The topological polar surface area (TPSA) is 48.9 Å². The van der Waals surface area contributed by atoms with E-state index in [9.17, 15) is 0 Å². The van der Waals surface area contributed by atoms with Crippen molar-refractivity contribution in [3.05, 3.63) is 70.8 Å². The highest BCUT2D eigenvalue weighted by atomic mass is 127. The van der Waals surface area contributed by atoms with Gasteiger partial charge in [-0.05, 0) is 36.1 Å². The van der Waals surface area contributed by atoms with Crippen LogP contribution in [0, 0.1) is 6.92 Å². The van der Waals surface area contributed by atoms with E-state index < -0.39 is 0 Å². The number of rotatable bonds is 7. The molecule has 0 aromatic heterocycles. The standard InChI is InChI=1S/C23H32N4O.HI/c1-3-24-23(26-17-22-10-5-4-7-19(22)2)25-16-20-8-6-9-21(15-20)18-27-11-13-28-14-12-27;/h4-10,15H,3,11-14,16-18H2,1-2H3,(H2,24,25,26);1H. The van der Waals surface area contributed by atoms with Gasteiger partial charge in [-0.15, -0.1) is 24.0 Å². The summed E-state index contributed by atoms with van der Waals surface area (Å²) in [7, 11) is 0. The van der Waals surface area contributed by atoms with Crippen LogP contribution >= 0.6 is 24.0 Å². The van der Waals surface area contributed by atoms with E-state index in [2.05, 4.69) is 77.9 Å². The van der Waals surface area contributed by atoms with Crippen molar-refractivity contribution in [2.24, 2.45) is 4.99 Å². The minimum Gasteiger partial charge on any atom is -0.379 e. The molecule has 5 nitrogen and oxygen atoms in total. The summed E-state index contributed by atoms with van der Waals surface area (Å²) in [5.41, 5.74) is 5.16. The van der Waals surface area contributed by atoms with Gasteiger partial charge in [-0.3, -0.25) is 4.90 Å². The molecular formula is C23H33IN4O. The third-order valence-electron chi connectivity index (χ3n) is 4.97. The molecule has 1 aliphatic heterocycles. The normalized spacial score (nSPS) is 14.9. The van der Waals surface area contributed by atoms with Crippen LogP contribution in [0.15, 0.2) is 53.5 Å². The van der Waals surface area contributed by atoms with E-state index in [1.807, 2.05) is 0 Å². The Morgan fingerprint density at radius 2 is 1.79 bits per heavy atom. The van der Waals surface area contributed by atoms with Gasteiger partial charge in [0.25, 0.3) is 0 Å². The summed E-state index contributed by atoms with van der Waals surface area (Å²) >= 11 is 0. The molecule has 1 aliphatic rings. The summed E-state index contributed by atoms with van der Waals surface area (Å²) in [6.45, 7) is 11.2. The van der Waals surface area contributed by atoms with Gasteiger partial charge in [-0.1, -0.05) is 48.5 Å². The molecule has 29 heavy (non-hydrogen) atoms. The first-order valence-electron chi connectivity index (χ1n) is 10.2. The molecule has 2 aromatic rings. The van der Waals surface area contributed by atoms with E-state index in [0.717, 1.165) is 51.9 Å². The molecule has 6 heteroatoms. The van der Waals surface area contributed by atoms with Crippen molar-refractivity contribution < 1.29 is 4.74 Å². The van der Waals surface area contributed by atoms with Crippen LogP contribution in [0.3, 0.4) is 0 Å². The molecule has 0 spiro atoms. The van der Waals surface area contributed by atoms with Crippen LogP contribution in [0.25, 0.3) is 0 Å². The Hall–Kier alpha value is -1.64. The second-order valence-electron chi connectivity index (χ2n) is 7.18. The van der Waals surface area contributed by atoms with Gasteiger partial charge in [0.05, 0.1) is 19.8 Å². The fourth-order valence-electron chi connectivity index (χ4n) is 3.34. The average Bonchev–Trinajstić information content (AvgIpc) is 2.72. The fourth-order valence-corrected chi connectivity index (χ4v) is 3.34. The predicted molar refractivity (Wildman–Crippen MR) is 131 cm³/mol. The minimum atomic E-state index is 0. The first-order valence-corrected chi connectivity index (χ1v) is 10.2. The second kappa shape index (κ2) is 12.8. The number of nitrogens with zero attached hydrogens (tertiary/aromatic N) is 2. The highest BCUT2D eigenvalue weighted by Gasteiger charge is 2.10. The van der Waals surface area contributed by atoms with E-state index in [4.69, 9.17) is 9.73 Å². The lowest BCUT2D eigenvalue weighted by Gasteiger charge is -2.26. The quantitative estimate of drug-likeness (QED) is 0.340. The van der Waals surface area contributed by atoms with Crippen molar-refractivity contribution in [3.8, 4) is 0 Å². The molecule has 0 saturated carbocycles. The number of hydrogen-bond donors (Lipinski definition) is 2. The number of ether oxygens (including phenoxy) is 1. The molecule has 1 heterocycles. The monoisotopic (exact) mass is 508 g/mol. The lowest BCUT2D eigenvalue weighted by atomic mass is 10.1. The van der Waals surface area contributed by atoms with Crippen molar-refractivity contribution in [3.63, 3.8) is 0 Å². The minimum absolute atomic E-state index is 0. The van der Waals surface area contributed by atoms with Gasteiger partial charge >= 0.3 is 0 Å². The number of morpholine rings is 1. The number of benzene rings is 2. The zero-order valence-electron chi connectivity index (χ0n) is 17.5. The largest absolute Gasteiger partial charge is 0.379 e. The third-order valence-corrected chi connectivity index (χ3v) is 4.97. The molecule has 0 amide bonds. The van der Waals surface area contributed by atoms with Crippen molar-refractivity contribution in [1.29, 1.82) is 0 Å². The molecule has 3 rings (SSSR count). The van der Waals surface area contributed by atoms with E-state index in [-0.39, 0.29) is 24.0 Å². The van der Waals surface area contributed by atoms with Crippen LogP contribution in [0.1, 0.15) is 29.2 Å². The molecule has 1 saturated heterocycles. The molecule has 0 unspecified atom stereocenters. The number of guanidine groups is 1. The van der Waals surface area contributed by atoms with E-state index in [1.54, 1.807) is 0 Å². The van der Waals surface area contributed by atoms with Crippen molar-refractivity contribution in [2.45, 2.75) is 33.5 Å². The first-order chi connectivity index (χ1) is 13.7. The molecule has 2 aromatic carbocycles. The van der Waals surface area contributed by atoms with Gasteiger partial charge in [-0.2, -0.15) is 0 Å². The van der Waals surface area contributed by atoms with E-state index >= 15 is 0 Å². The van der Waals surface area contributed by atoms with Gasteiger partial charge in [0.15, 0.2) is 5.96 Å². The summed E-state index contributed by atoms with van der Waals surface area (Å²) < 4.78 is 5.44. The summed E-state index contributed by atoms with van der Waals surface area (Å²) in [5.74, 6) is 0.851. The van der Waals surface area contributed by atoms with Crippen molar-refractivity contribution >= 4 is 29.9 Å². The summed E-state index contributed by atoms with van der Waals surface area (Å²) in [6.07, 6.45) is 0. The molecule has 0 bridgehead atoms. The number of nitrogens with one attached hydrogen (secondary N) is 2. The molecule has 1 fully saturated rings. The maximum atomic E-state index is 5.44. The summed E-state index contributed by atoms with van der Waals surface area (Å²) in [5, 5.41) is 6.78. The zero-order chi connectivity index (χ0) is 19.6. The Balaban J connectivity index is 0.00000300. The van der Waals surface area contributed by atoms with Crippen LogP contribution in [0.5, 0.6) is 0 Å². The van der Waals surface area contributed by atoms with Crippen molar-refractivity contribution in [2.75, 3.05) is 32.8 Å². The van der Waals surface area contributed by atoms with Gasteiger partial charge in [-0.25, -0.2) is 4.99 Å². The Labute approximate surface area is 192 Å². The van der Waals surface area contributed by atoms with Crippen LogP contribution in [-0.2, 0) is 24.4 Å². The molecule has 0 atom stereocenters. The number of hydrogen-bond acceptors (Lipinski definition) is 3. The van der Waals surface area contributed by atoms with Crippen LogP contribution in [0.4, 0.5) is 0 Å². The molecular weight excluding hydrogens is 475 g/mol.